The highest BCUT2D eigenvalue weighted by Gasteiger charge is 2.10. The molecule has 0 spiro atoms. The fourth-order valence-electron chi connectivity index (χ4n) is 1.47. The molecule has 1 aromatic carbocycles. The van der Waals surface area contributed by atoms with Crippen LogP contribution < -0.4 is 0 Å². The molecular formula is C11H5ClFN3S. The lowest BCUT2D eigenvalue weighted by atomic mass is 10.2. The Morgan fingerprint density at radius 3 is 2.88 bits per heavy atom. The molecule has 84 valence electrons. The molecule has 0 amide bonds. The van der Waals surface area contributed by atoms with Crippen molar-refractivity contribution in [2.24, 2.45) is 0 Å². The number of halogens is 2. The number of aromatic nitrogens is 3. The molecule has 2 aromatic heterocycles. The second-order valence-corrected chi connectivity index (χ2v) is 4.68. The summed E-state index contributed by atoms with van der Waals surface area (Å²) in [5.74, 6) is -0.293. The number of hydrogen-bond acceptors (Lipinski definition) is 4. The van der Waals surface area contributed by atoms with Crippen LogP contribution in [0.2, 0.25) is 5.15 Å². The average Bonchev–Trinajstić information content (AvgIpc) is 2.74. The summed E-state index contributed by atoms with van der Waals surface area (Å²) in [6.07, 6.45) is 1.39. The van der Waals surface area contributed by atoms with Crippen molar-refractivity contribution in [1.82, 2.24) is 15.0 Å². The molecule has 2 heterocycles. The lowest BCUT2D eigenvalue weighted by molar-refractivity contribution is 0.628. The SMILES string of the molecule is Fc1cccc(-c2nc3c(Cl)ncnc3s2)c1. The first-order chi connectivity index (χ1) is 8.24. The summed E-state index contributed by atoms with van der Waals surface area (Å²) in [7, 11) is 0. The Balaban J connectivity index is 2.22. The molecule has 3 nitrogen and oxygen atoms in total. The molecule has 0 aliphatic rings. The Bertz CT molecular complexity index is 698. The molecule has 6 heteroatoms. The van der Waals surface area contributed by atoms with Gasteiger partial charge in [0.25, 0.3) is 0 Å². The smallest absolute Gasteiger partial charge is 0.159 e. The fourth-order valence-corrected chi connectivity index (χ4v) is 2.61. The van der Waals surface area contributed by atoms with Gasteiger partial charge in [-0.1, -0.05) is 35.1 Å². The van der Waals surface area contributed by atoms with Crippen LogP contribution in [-0.4, -0.2) is 15.0 Å². The van der Waals surface area contributed by atoms with Crippen LogP contribution in [0.15, 0.2) is 30.6 Å². The summed E-state index contributed by atoms with van der Waals surface area (Å²) in [4.78, 5) is 13.0. The quantitative estimate of drug-likeness (QED) is 0.632. The second-order valence-electron chi connectivity index (χ2n) is 3.35. The van der Waals surface area contributed by atoms with Crippen molar-refractivity contribution in [3.05, 3.63) is 41.6 Å². The van der Waals surface area contributed by atoms with Crippen molar-refractivity contribution in [3.63, 3.8) is 0 Å². The second kappa shape index (κ2) is 4.01. The van der Waals surface area contributed by atoms with Crippen LogP contribution in [0.25, 0.3) is 20.9 Å². The van der Waals surface area contributed by atoms with Crippen molar-refractivity contribution in [2.45, 2.75) is 0 Å². The fraction of sp³-hybridized carbons (Fsp3) is 0. The Labute approximate surface area is 105 Å². The van der Waals surface area contributed by atoms with E-state index in [2.05, 4.69) is 15.0 Å². The van der Waals surface area contributed by atoms with Gasteiger partial charge in [0, 0.05) is 5.56 Å². The number of nitrogens with zero attached hydrogens (tertiary/aromatic N) is 3. The largest absolute Gasteiger partial charge is 0.231 e. The van der Waals surface area contributed by atoms with E-state index in [9.17, 15) is 4.39 Å². The summed E-state index contributed by atoms with van der Waals surface area (Å²) < 4.78 is 13.1. The van der Waals surface area contributed by atoms with Gasteiger partial charge in [-0.2, -0.15) is 0 Å². The van der Waals surface area contributed by atoms with Crippen molar-refractivity contribution in [3.8, 4) is 10.6 Å². The summed E-state index contributed by atoms with van der Waals surface area (Å²) in [5, 5.41) is 0.996. The monoisotopic (exact) mass is 265 g/mol. The van der Waals surface area contributed by atoms with Crippen LogP contribution in [0.5, 0.6) is 0 Å². The van der Waals surface area contributed by atoms with Crippen molar-refractivity contribution in [2.75, 3.05) is 0 Å². The highest BCUT2D eigenvalue weighted by Crippen LogP contribution is 2.31. The van der Waals surface area contributed by atoms with Crippen LogP contribution in [0, 0.1) is 5.82 Å². The van der Waals surface area contributed by atoms with Crippen LogP contribution in [0.4, 0.5) is 4.39 Å². The number of rotatable bonds is 1. The number of hydrogen-bond donors (Lipinski definition) is 0. The number of thiazole rings is 1. The van der Waals surface area contributed by atoms with Gasteiger partial charge in [0.1, 0.15) is 27.5 Å². The van der Waals surface area contributed by atoms with E-state index in [1.165, 1.54) is 29.8 Å². The Kier molecular flexibility index (Phi) is 2.49. The average molecular weight is 266 g/mol. The van der Waals surface area contributed by atoms with Gasteiger partial charge in [0.15, 0.2) is 5.15 Å². The maximum absolute atomic E-state index is 13.1. The molecule has 0 unspecified atom stereocenters. The molecule has 0 saturated heterocycles. The zero-order chi connectivity index (χ0) is 11.8. The molecule has 3 rings (SSSR count). The van der Waals surface area contributed by atoms with E-state index >= 15 is 0 Å². The van der Waals surface area contributed by atoms with Gasteiger partial charge in [0.2, 0.25) is 0 Å². The number of fused-ring (bicyclic) bond motifs is 1. The lowest BCUT2D eigenvalue weighted by Gasteiger charge is -1.94. The van der Waals surface area contributed by atoms with E-state index in [1.54, 1.807) is 12.1 Å². The molecule has 0 bridgehead atoms. The predicted molar refractivity (Wildman–Crippen MR) is 65.6 cm³/mol. The van der Waals surface area contributed by atoms with Crippen LogP contribution in [0.1, 0.15) is 0 Å². The number of benzene rings is 1. The molecule has 0 N–H and O–H groups in total. The predicted octanol–water partition coefficient (Wildman–Crippen LogP) is 3.55. The Hall–Kier alpha value is -1.59. The maximum Gasteiger partial charge on any atom is 0.159 e. The first-order valence-corrected chi connectivity index (χ1v) is 5.96. The molecule has 3 aromatic rings. The van der Waals surface area contributed by atoms with E-state index in [4.69, 9.17) is 11.6 Å². The first-order valence-electron chi connectivity index (χ1n) is 4.77. The van der Waals surface area contributed by atoms with Crippen molar-refractivity contribution >= 4 is 33.3 Å². The zero-order valence-corrected chi connectivity index (χ0v) is 9.96. The summed E-state index contributed by atoms with van der Waals surface area (Å²) in [6.45, 7) is 0. The van der Waals surface area contributed by atoms with E-state index in [-0.39, 0.29) is 5.82 Å². The van der Waals surface area contributed by atoms with E-state index in [0.717, 1.165) is 0 Å². The third kappa shape index (κ3) is 1.87. The van der Waals surface area contributed by atoms with Gasteiger partial charge >= 0.3 is 0 Å². The molecule has 0 aliphatic carbocycles. The minimum atomic E-state index is -0.293. The molecule has 0 aliphatic heterocycles. The summed E-state index contributed by atoms with van der Waals surface area (Å²) in [5.41, 5.74) is 1.27. The third-order valence-electron chi connectivity index (χ3n) is 2.22. The lowest BCUT2D eigenvalue weighted by Crippen LogP contribution is -1.80. The maximum atomic E-state index is 13.1. The zero-order valence-electron chi connectivity index (χ0n) is 8.39. The first kappa shape index (κ1) is 10.6. The summed E-state index contributed by atoms with van der Waals surface area (Å²) >= 11 is 7.27. The minimum Gasteiger partial charge on any atom is -0.231 e. The van der Waals surface area contributed by atoms with Gasteiger partial charge < -0.3 is 0 Å². The van der Waals surface area contributed by atoms with Crippen molar-refractivity contribution in [1.29, 1.82) is 0 Å². The van der Waals surface area contributed by atoms with Gasteiger partial charge in [-0.25, -0.2) is 19.3 Å². The van der Waals surface area contributed by atoms with E-state index in [1.807, 2.05) is 0 Å². The minimum absolute atomic E-state index is 0.293. The van der Waals surface area contributed by atoms with Gasteiger partial charge in [-0.05, 0) is 12.1 Å². The van der Waals surface area contributed by atoms with Crippen LogP contribution >= 0.6 is 22.9 Å². The molecule has 0 radical (unpaired) electrons. The molecule has 0 fully saturated rings. The van der Waals surface area contributed by atoms with E-state index < -0.39 is 0 Å². The Morgan fingerprint density at radius 1 is 1.24 bits per heavy atom. The normalized spacial score (nSPS) is 10.9. The standard InChI is InChI=1S/C11H5ClFN3S/c12-9-8-11(15-5-14-9)17-10(16-8)6-2-1-3-7(13)4-6/h1-5H. The highest BCUT2D eigenvalue weighted by atomic mass is 35.5. The van der Waals surface area contributed by atoms with Crippen LogP contribution in [0.3, 0.4) is 0 Å². The molecule has 0 atom stereocenters. The van der Waals surface area contributed by atoms with Gasteiger partial charge in [0.05, 0.1) is 0 Å². The highest BCUT2D eigenvalue weighted by molar-refractivity contribution is 7.21. The van der Waals surface area contributed by atoms with Crippen LogP contribution in [-0.2, 0) is 0 Å². The molecular weight excluding hydrogens is 261 g/mol. The van der Waals surface area contributed by atoms with Crippen molar-refractivity contribution < 1.29 is 4.39 Å². The molecule has 17 heavy (non-hydrogen) atoms. The molecule has 0 saturated carbocycles. The van der Waals surface area contributed by atoms with E-state index in [0.29, 0.717) is 26.1 Å². The topological polar surface area (TPSA) is 38.7 Å². The van der Waals surface area contributed by atoms with Gasteiger partial charge in [-0.15, -0.1) is 0 Å². The summed E-state index contributed by atoms with van der Waals surface area (Å²) in [6, 6.07) is 6.26. The van der Waals surface area contributed by atoms with Gasteiger partial charge in [-0.3, -0.25) is 0 Å². The third-order valence-corrected chi connectivity index (χ3v) is 3.51. The Morgan fingerprint density at radius 2 is 2.12 bits per heavy atom.